The Balaban J connectivity index is 2.22. The van der Waals surface area contributed by atoms with Crippen molar-refractivity contribution in [2.45, 2.75) is 33.6 Å². The molecule has 1 aromatic heterocycles. The number of aryl methyl sites for hydroxylation is 3. The van der Waals surface area contributed by atoms with Crippen molar-refractivity contribution in [1.29, 1.82) is 0 Å². The first kappa shape index (κ1) is 12.8. The number of benzene rings is 1. The van der Waals surface area contributed by atoms with Crippen LogP contribution in [0.1, 0.15) is 33.8 Å². The average molecular weight is 243 g/mol. The molecule has 3 N–H and O–H groups in total. The van der Waals surface area contributed by atoms with Crippen molar-refractivity contribution in [2.24, 2.45) is 5.73 Å². The average Bonchev–Trinajstić information content (AvgIpc) is 2.72. The number of rotatable bonds is 4. The minimum atomic E-state index is 0.657. The summed E-state index contributed by atoms with van der Waals surface area (Å²) in [6, 6.07) is 4.46. The van der Waals surface area contributed by atoms with Crippen molar-refractivity contribution < 1.29 is 0 Å². The normalized spacial score (nSPS) is 10.9. The number of imidazole rings is 1. The van der Waals surface area contributed by atoms with E-state index >= 15 is 0 Å². The second-order valence-corrected chi connectivity index (χ2v) is 4.95. The molecule has 0 amide bonds. The highest BCUT2D eigenvalue weighted by atomic mass is 14.9. The molecule has 0 aliphatic rings. The smallest absolute Gasteiger partial charge is 0.110 e. The van der Waals surface area contributed by atoms with Gasteiger partial charge in [0.2, 0.25) is 0 Å². The summed E-state index contributed by atoms with van der Waals surface area (Å²) in [5, 5.41) is 0. The van der Waals surface area contributed by atoms with Crippen LogP contribution in [-0.2, 0) is 12.8 Å². The minimum Gasteiger partial charge on any atom is -0.346 e. The van der Waals surface area contributed by atoms with Gasteiger partial charge in [-0.05, 0) is 44.0 Å². The van der Waals surface area contributed by atoms with Crippen molar-refractivity contribution in [3.8, 4) is 0 Å². The first-order chi connectivity index (χ1) is 8.60. The topological polar surface area (TPSA) is 54.7 Å². The lowest BCUT2D eigenvalue weighted by molar-refractivity contribution is 0.916. The Morgan fingerprint density at radius 1 is 1.17 bits per heavy atom. The van der Waals surface area contributed by atoms with E-state index in [4.69, 9.17) is 5.73 Å². The molecule has 0 radical (unpaired) electrons. The van der Waals surface area contributed by atoms with Gasteiger partial charge in [0.05, 0.1) is 0 Å². The van der Waals surface area contributed by atoms with Crippen LogP contribution in [0.25, 0.3) is 0 Å². The molecule has 0 fully saturated rings. The Hall–Kier alpha value is -1.61. The van der Waals surface area contributed by atoms with Crippen LogP contribution in [0, 0.1) is 20.8 Å². The van der Waals surface area contributed by atoms with E-state index in [1.165, 1.54) is 22.3 Å². The third-order valence-electron chi connectivity index (χ3n) is 3.28. The van der Waals surface area contributed by atoms with Gasteiger partial charge in [-0.25, -0.2) is 4.98 Å². The molecule has 0 spiro atoms. The van der Waals surface area contributed by atoms with Gasteiger partial charge in [-0.2, -0.15) is 0 Å². The molecule has 2 aromatic rings. The van der Waals surface area contributed by atoms with Gasteiger partial charge in [0, 0.05) is 24.7 Å². The molecule has 0 aliphatic carbocycles. The third-order valence-corrected chi connectivity index (χ3v) is 3.28. The highest BCUT2D eigenvalue weighted by Crippen LogP contribution is 2.19. The molecule has 1 aromatic carbocycles. The van der Waals surface area contributed by atoms with Gasteiger partial charge in [0.1, 0.15) is 5.82 Å². The van der Waals surface area contributed by atoms with Crippen LogP contribution in [0.5, 0.6) is 0 Å². The van der Waals surface area contributed by atoms with Crippen LogP contribution in [0.15, 0.2) is 18.3 Å². The molecule has 18 heavy (non-hydrogen) atoms. The number of H-pyrrole nitrogens is 1. The van der Waals surface area contributed by atoms with E-state index in [9.17, 15) is 0 Å². The maximum absolute atomic E-state index is 5.54. The second-order valence-electron chi connectivity index (χ2n) is 4.95. The zero-order valence-corrected chi connectivity index (χ0v) is 11.4. The van der Waals surface area contributed by atoms with Gasteiger partial charge in [-0.3, -0.25) is 0 Å². The van der Waals surface area contributed by atoms with Gasteiger partial charge in [-0.15, -0.1) is 0 Å². The Labute approximate surface area is 108 Å². The molecule has 3 heteroatoms. The number of hydrogen-bond donors (Lipinski definition) is 2. The first-order valence-corrected chi connectivity index (χ1v) is 6.39. The summed E-state index contributed by atoms with van der Waals surface area (Å²) >= 11 is 0. The number of aromatic amines is 1. The lowest BCUT2D eigenvalue weighted by Crippen LogP contribution is -2.03. The molecular formula is C15H21N3. The van der Waals surface area contributed by atoms with E-state index in [0.29, 0.717) is 6.54 Å². The molecule has 96 valence electrons. The molecule has 2 rings (SSSR count). The van der Waals surface area contributed by atoms with Crippen molar-refractivity contribution in [2.75, 3.05) is 6.54 Å². The first-order valence-electron chi connectivity index (χ1n) is 6.39. The predicted octanol–water partition coefficient (Wildman–Crippen LogP) is 2.43. The Kier molecular flexibility index (Phi) is 3.82. The maximum atomic E-state index is 5.54. The van der Waals surface area contributed by atoms with E-state index in [2.05, 4.69) is 42.9 Å². The largest absolute Gasteiger partial charge is 0.346 e. The highest BCUT2D eigenvalue weighted by Gasteiger charge is 2.07. The Morgan fingerprint density at radius 3 is 2.44 bits per heavy atom. The summed E-state index contributed by atoms with van der Waals surface area (Å²) in [6.45, 7) is 7.12. The third kappa shape index (κ3) is 2.79. The second kappa shape index (κ2) is 5.36. The van der Waals surface area contributed by atoms with Crippen LogP contribution in [0.4, 0.5) is 0 Å². The fraction of sp³-hybridized carbons (Fsp3) is 0.400. The maximum Gasteiger partial charge on any atom is 0.110 e. The van der Waals surface area contributed by atoms with Crippen LogP contribution >= 0.6 is 0 Å². The highest BCUT2D eigenvalue weighted by molar-refractivity contribution is 5.39. The minimum absolute atomic E-state index is 0.657. The van der Waals surface area contributed by atoms with Crippen LogP contribution < -0.4 is 5.73 Å². The molecule has 0 atom stereocenters. The number of hydrogen-bond acceptors (Lipinski definition) is 2. The molecule has 0 unspecified atom stereocenters. The number of nitrogens with one attached hydrogen (secondary N) is 1. The van der Waals surface area contributed by atoms with Gasteiger partial charge >= 0.3 is 0 Å². The standard InChI is InChI=1S/C15H21N3/c1-10-6-11(2)14(12(3)7-10)8-15-17-9-13(18-15)4-5-16/h6-7,9H,4-5,8,16H2,1-3H3,(H,17,18). The monoisotopic (exact) mass is 243 g/mol. The van der Waals surface area contributed by atoms with Crippen LogP contribution in [0.3, 0.4) is 0 Å². The summed E-state index contributed by atoms with van der Waals surface area (Å²) in [5.74, 6) is 1.02. The van der Waals surface area contributed by atoms with Crippen molar-refractivity contribution in [3.05, 3.63) is 52.1 Å². The zero-order valence-electron chi connectivity index (χ0n) is 11.4. The predicted molar refractivity (Wildman–Crippen MR) is 74.8 cm³/mol. The van der Waals surface area contributed by atoms with Crippen LogP contribution in [0.2, 0.25) is 0 Å². The van der Waals surface area contributed by atoms with Gasteiger partial charge < -0.3 is 10.7 Å². The van der Waals surface area contributed by atoms with Gasteiger partial charge in [-0.1, -0.05) is 17.7 Å². The molecule has 0 bridgehead atoms. The van der Waals surface area contributed by atoms with Crippen molar-refractivity contribution in [1.82, 2.24) is 9.97 Å². The van der Waals surface area contributed by atoms with E-state index in [0.717, 1.165) is 24.4 Å². The number of aromatic nitrogens is 2. The van der Waals surface area contributed by atoms with Gasteiger partial charge in [0.15, 0.2) is 0 Å². The van der Waals surface area contributed by atoms with Crippen molar-refractivity contribution >= 4 is 0 Å². The molecule has 1 heterocycles. The zero-order chi connectivity index (χ0) is 13.1. The summed E-state index contributed by atoms with van der Waals surface area (Å²) in [7, 11) is 0. The quantitative estimate of drug-likeness (QED) is 0.866. The number of nitrogens with zero attached hydrogens (tertiary/aromatic N) is 1. The fourth-order valence-corrected chi connectivity index (χ4v) is 2.43. The Morgan fingerprint density at radius 2 is 1.83 bits per heavy atom. The van der Waals surface area contributed by atoms with Gasteiger partial charge in [0.25, 0.3) is 0 Å². The van der Waals surface area contributed by atoms with Crippen molar-refractivity contribution in [3.63, 3.8) is 0 Å². The molecule has 0 saturated heterocycles. The molecule has 0 saturated carbocycles. The lowest BCUT2D eigenvalue weighted by atomic mass is 9.97. The molecule has 0 aliphatic heterocycles. The Bertz CT molecular complexity index is 517. The lowest BCUT2D eigenvalue weighted by Gasteiger charge is -2.09. The summed E-state index contributed by atoms with van der Waals surface area (Å²) < 4.78 is 0. The molecular weight excluding hydrogens is 222 g/mol. The summed E-state index contributed by atoms with van der Waals surface area (Å²) in [5.41, 5.74) is 12.0. The summed E-state index contributed by atoms with van der Waals surface area (Å²) in [4.78, 5) is 7.76. The SMILES string of the molecule is Cc1cc(C)c(Cc2ncc(CCN)[nH]2)c(C)c1. The fourth-order valence-electron chi connectivity index (χ4n) is 2.43. The molecule has 3 nitrogen and oxygen atoms in total. The van der Waals surface area contributed by atoms with E-state index in [1.54, 1.807) is 0 Å². The van der Waals surface area contributed by atoms with E-state index in [1.807, 2.05) is 6.20 Å². The van der Waals surface area contributed by atoms with Crippen LogP contribution in [-0.4, -0.2) is 16.5 Å². The van der Waals surface area contributed by atoms with E-state index in [-0.39, 0.29) is 0 Å². The number of nitrogens with two attached hydrogens (primary N) is 1. The van der Waals surface area contributed by atoms with E-state index < -0.39 is 0 Å². The summed E-state index contributed by atoms with van der Waals surface area (Å²) in [6.07, 6.45) is 3.61.